The smallest absolute Gasteiger partial charge is 0.339 e. The first kappa shape index (κ1) is 24.9. The predicted octanol–water partition coefficient (Wildman–Crippen LogP) is 3.36. The lowest BCUT2D eigenvalue weighted by molar-refractivity contribution is -0.136. The van der Waals surface area contributed by atoms with E-state index in [1.54, 1.807) is 12.1 Å². The van der Waals surface area contributed by atoms with Crippen LogP contribution >= 0.6 is 0 Å². The van der Waals surface area contributed by atoms with E-state index in [4.69, 9.17) is 14.9 Å². The number of fused-ring (bicyclic) bond motifs is 1. The van der Waals surface area contributed by atoms with Crippen molar-refractivity contribution in [3.63, 3.8) is 0 Å². The van der Waals surface area contributed by atoms with E-state index >= 15 is 0 Å². The SMILES string of the molecule is Cc1ccc2oc(=O)c(CC(O)(CCc3ccc(OCCCN4CCCC4)cc3)C(N)=O)cc2c1. The van der Waals surface area contributed by atoms with Crippen LogP contribution in [-0.2, 0) is 17.6 Å². The van der Waals surface area contributed by atoms with Gasteiger partial charge in [-0.1, -0.05) is 23.8 Å². The van der Waals surface area contributed by atoms with Crippen molar-refractivity contribution < 1.29 is 19.1 Å². The molecule has 0 aliphatic carbocycles. The van der Waals surface area contributed by atoms with Crippen LogP contribution in [0.4, 0.5) is 0 Å². The van der Waals surface area contributed by atoms with Gasteiger partial charge in [0, 0.05) is 23.9 Å². The molecule has 0 spiro atoms. The van der Waals surface area contributed by atoms with Gasteiger partial charge in [0.25, 0.3) is 0 Å². The van der Waals surface area contributed by atoms with Gasteiger partial charge < -0.3 is 24.9 Å². The van der Waals surface area contributed by atoms with E-state index in [0.717, 1.165) is 35.2 Å². The van der Waals surface area contributed by atoms with Crippen LogP contribution in [0.3, 0.4) is 0 Å². The summed E-state index contributed by atoms with van der Waals surface area (Å²) >= 11 is 0. The summed E-state index contributed by atoms with van der Waals surface area (Å²) in [7, 11) is 0. The number of nitrogens with two attached hydrogens (primary N) is 1. The van der Waals surface area contributed by atoms with Gasteiger partial charge in [0.1, 0.15) is 16.9 Å². The maximum absolute atomic E-state index is 12.5. The average Bonchev–Trinajstić information content (AvgIpc) is 3.35. The van der Waals surface area contributed by atoms with Crippen LogP contribution in [0, 0.1) is 6.92 Å². The molecule has 186 valence electrons. The Morgan fingerprint density at radius 1 is 1.14 bits per heavy atom. The molecule has 1 atom stereocenters. The van der Waals surface area contributed by atoms with Crippen LogP contribution in [0.2, 0.25) is 0 Å². The molecule has 1 fully saturated rings. The summed E-state index contributed by atoms with van der Waals surface area (Å²) in [5, 5.41) is 11.8. The van der Waals surface area contributed by atoms with Crippen molar-refractivity contribution >= 4 is 16.9 Å². The molecule has 1 aliphatic heterocycles. The third kappa shape index (κ3) is 6.50. The molecule has 35 heavy (non-hydrogen) atoms. The standard InChI is InChI=1S/C28H34N2O5/c1-20-5-10-25-22(17-20)18-23(26(31)35-25)19-28(33,27(29)32)12-11-21-6-8-24(9-7-21)34-16-4-15-30-13-2-3-14-30/h5-10,17-18,33H,2-4,11-16,19H2,1H3,(H2,29,32). The summed E-state index contributed by atoms with van der Waals surface area (Å²) in [4.78, 5) is 27.1. The molecular weight excluding hydrogens is 444 g/mol. The highest BCUT2D eigenvalue weighted by atomic mass is 16.5. The van der Waals surface area contributed by atoms with E-state index in [9.17, 15) is 14.7 Å². The molecule has 7 heteroatoms. The molecule has 3 aromatic rings. The number of ether oxygens (including phenoxy) is 1. The van der Waals surface area contributed by atoms with Gasteiger partial charge in [0.05, 0.1) is 6.61 Å². The maximum atomic E-state index is 12.5. The number of benzene rings is 2. The highest BCUT2D eigenvalue weighted by molar-refractivity contribution is 5.84. The number of hydrogen-bond donors (Lipinski definition) is 2. The van der Waals surface area contributed by atoms with Gasteiger partial charge in [-0.15, -0.1) is 0 Å². The second-order valence-corrected chi connectivity index (χ2v) is 9.57. The Hall–Kier alpha value is -3.16. The zero-order valence-electron chi connectivity index (χ0n) is 20.3. The number of carbonyl (C=O) groups is 1. The molecule has 2 aromatic carbocycles. The van der Waals surface area contributed by atoms with Crippen molar-refractivity contribution in [3.05, 3.63) is 75.6 Å². The second kappa shape index (κ2) is 11.1. The Labute approximate surface area is 205 Å². The van der Waals surface area contributed by atoms with E-state index in [1.807, 2.05) is 43.3 Å². The molecule has 3 N–H and O–H groups in total. The van der Waals surface area contributed by atoms with Crippen LogP contribution in [0.15, 0.2) is 57.7 Å². The van der Waals surface area contributed by atoms with Crippen LogP contribution < -0.4 is 16.1 Å². The summed E-state index contributed by atoms with van der Waals surface area (Å²) in [6.07, 6.45) is 3.89. The van der Waals surface area contributed by atoms with Crippen LogP contribution in [0.5, 0.6) is 5.75 Å². The lowest BCUT2D eigenvalue weighted by atomic mass is 9.88. The number of hydrogen-bond acceptors (Lipinski definition) is 6. The second-order valence-electron chi connectivity index (χ2n) is 9.57. The van der Waals surface area contributed by atoms with Crippen molar-refractivity contribution in [1.29, 1.82) is 0 Å². The van der Waals surface area contributed by atoms with Crippen molar-refractivity contribution in [2.45, 2.75) is 51.0 Å². The first-order valence-electron chi connectivity index (χ1n) is 12.3. The van der Waals surface area contributed by atoms with Crippen LogP contribution in [-0.4, -0.2) is 47.8 Å². The van der Waals surface area contributed by atoms with Crippen molar-refractivity contribution in [2.75, 3.05) is 26.2 Å². The van der Waals surface area contributed by atoms with Gasteiger partial charge in [-0.05, 0) is 88.0 Å². The van der Waals surface area contributed by atoms with Crippen molar-refractivity contribution in [1.82, 2.24) is 4.90 Å². The largest absolute Gasteiger partial charge is 0.494 e. The Bertz CT molecular complexity index is 1210. The number of carbonyl (C=O) groups excluding carboxylic acids is 1. The molecule has 1 unspecified atom stereocenters. The lowest BCUT2D eigenvalue weighted by Crippen LogP contribution is -2.47. The number of primary amides is 1. The molecule has 0 bridgehead atoms. The Morgan fingerprint density at radius 3 is 2.60 bits per heavy atom. The molecular formula is C28H34N2O5. The minimum atomic E-state index is -1.86. The monoisotopic (exact) mass is 478 g/mol. The lowest BCUT2D eigenvalue weighted by Gasteiger charge is -2.24. The Kier molecular flexibility index (Phi) is 7.88. The first-order valence-corrected chi connectivity index (χ1v) is 12.3. The van der Waals surface area contributed by atoms with Gasteiger partial charge >= 0.3 is 5.63 Å². The molecule has 4 rings (SSSR count). The number of likely N-dealkylation sites (tertiary alicyclic amines) is 1. The van der Waals surface area contributed by atoms with Crippen molar-refractivity contribution in [2.24, 2.45) is 5.73 Å². The Balaban J connectivity index is 1.35. The van der Waals surface area contributed by atoms with Crippen LogP contribution in [0.1, 0.15) is 42.4 Å². The average molecular weight is 479 g/mol. The molecule has 1 amide bonds. The normalized spacial score (nSPS) is 15.8. The summed E-state index contributed by atoms with van der Waals surface area (Å²) < 4.78 is 11.2. The van der Waals surface area contributed by atoms with Crippen LogP contribution in [0.25, 0.3) is 11.0 Å². The van der Waals surface area contributed by atoms with Gasteiger partial charge in [-0.25, -0.2) is 4.79 Å². The molecule has 1 saturated heterocycles. The number of amides is 1. The van der Waals surface area contributed by atoms with Gasteiger partial charge in [-0.3, -0.25) is 4.79 Å². The number of rotatable bonds is 11. The summed E-state index contributed by atoms with van der Waals surface area (Å²) in [5.41, 5.74) is 5.76. The van der Waals surface area contributed by atoms with E-state index in [-0.39, 0.29) is 18.4 Å². The number of aliphatic hydroxyl groups is 1. The minimum absolute atomic E-state index is 0.0870. The fourth-order valence-electron chi connectivity index (χ4n) is 4.61. The van der Waals surface area contributed by atoms with Crippen molar-refractivity contribution in [3.8, 4) is 5.75 Å². The first-order chi connectivity index (χ1) is 16.8. The van der Waals surface area contributed by atoms with Gasteiger partial charge in [0.2, 0.25) is 5.91 Å². The summed E-state index contributed by atoms with van der Waals surface area (Å²) in [6.45, 7) is 6.06. The van der Waals surface area contributed by atoms with E-state index in [1.165, 1.54) is 25.9 Å². The van der Waals surface area contributed by atoms with E-state index in [0.29, 0.717) is 18.6 Å². The quantitative estimate of drug-likeness (QED) is 0.323. The fraction of sp³-hybridized carbons (Fsp3) is 0.429. The minimum Gasteiger partial charge on any atom is -0.494 e. The van der Waals surface area contributed by atoms with E-state index in [2.05, 4.69) is 4.90 Å². The fourth-order valence-corrected chi connectivity index (χ4v) is 4.61. The third-order valence-electron chi connectivity index (χ3n) is 6.74. The molecule has 1 aromatic heterocycles. The highest BCUT2D eigenvalue weighted by Crippen LogP contribution is 2.23. The van der Waals surface area contributed by atoms with Gasteiger partial charge in [-0.2, -0.15) is 0 Å². The molecule has 2 heterocycles. The molecule has 0 saturated carbocycles. The molecule has 7 nitrogen and oxygen atoms in total. The topological polar surface area (TPSA) is 106 Å². The number of aryl methyl sites for hydroxylation is 2. The third-order valence-corrected chi connectivity index (χ3v) is 6.74. The zero-order valence-corrected chi connectivity index (χ0v) is 20.3. The summed E-state index contributed by atoms with van der Waals surface area (Å²) in [5.74, 6) is -0.0661. The predicted molar refractivity (Wildman–Crippen MR) is 136 cm³/mol. The molecule has 0 radical (unpaired) electrons. The maximum Gasteiger partial charge on any atom is 0.339 e. The summed E-state index contributed by atoms with van der Waals surface area (Å²) in [6, 6.07) is 14.8. The highest BCUT2D eigenvalue weighted by Gasteiger charge is 2.35. The van der Waals surface area contributed by atoms with E-state index < -0.39 is 17.1 Å². The number of nitrogens with zero attached hydrogens (tertiary/aromatic N) is 1. The zero-order chi connectivity index (χ0) is 24.8. The Morgan fingerprint density at radius 2 is 1.89 bits per heavy atom. The van der Waals surface area contributed by atoms with Gasteiger partial charge in [0.15, 0.2) is 0 Å². The molecule has 1 aliphatic rings.